The van der Waals surface area contributed by atoms with Gasteiger partial charge in [0.05, 0.1) is 11.3 Å². The predicted molar refractivity (Wildman–Crippen MR) is 83.8 cm³/mol. The molecule has 1 aromatic carbocycles. The van der Waals surface area contributed by atoms with Crippen LogP contribution >= 0.6 is 11.8 Å². The Morgan fingerprint density at radius 2 is 2.00 bits per heavy atom. The summed E-state index contributed by atoms with van der Waals surface area (Å²) in [5.74, 6) is -0.646. The number of carboxylic acid groups (broad SMARTS) is 1. The second-order valence-corrected chi connectivity index (χ2v) is 5.80. The minimum absolute atomic E-state index is 0.00434. The number of carbonyl (C=O) groups excluding carboxylic acids is 1. The van der Waals surface area contributed by atoms with Crippen LogP contribution in [0.15, 0.2) is 41.8 Å². The first-order valence-electron chi connectivity index (χ1n) is 6.63. The van der Waals surface area contributed by atoms with Crippen molar-refractivity contribution >= 4 is 23.6 Å². The number of amides is 1. The SMILES string of the molecule is CN(Cc1ccc(C(=O)O)cc1)C(=O)CSc1nccn1C. The summed E-state index contributed by atoms with van der Waals surface area (Å²) >= 11 is 1.39. The summed E-state index contributed by atoms with van der Waals surface area (Å²) in [6.07, 6.45) is 3.53. The monoisotopic (exact) mass is 319 g/mol. The van der Waals surface area contributed by atoms with Gasteiger partial charge in [0.2, 0.25) is 5.91 Å². The fourth-order valence-corrected chi connectivity index (χ4v) is 2.72. The van der Waals surface area contributed by atoms with E-state index in [2.05, 4.69) is 4.98 Å². The third kappa shape index (κ3) is 4.11. The predicted octanol–water partition coefficient (Wildman–Crippen LogP) is 1.87. The van der Waals surface area contributed by atoms with E-state index in [4.69, 9.17) is 5.11 Å². The Morgan fingerprint density at radius 3 is 2.55 bits per heavy atom. The molecule has 0 radical (unpaired) electrons. The Labute approximate surface area is 132 Å². The number of thioether (sulfide) groups is 1. The van der Waals surface area contributed by atoms with Gasteiger partial charge in [-0.05, 0) is 17.7 Å². The lowest BCUT2D eigenvalue weighted by Crippen LogP contribution is -2.27. The number of carbonyl (C=O) groups is 2. The van der Waals surface area contributed by atoms with Crippen molar-refractivity contribution in [2.24, 2.45) is 7.05 Å². The first-order valence-corrected chi connectivity index (χ1v) is 7.62. The maximum absolute atomic E-state index is 12.1. The minimum Gasteiger partial charge on any atom is -0.478 e. The van der Waals surface area contributed by atoms with E-state index in [0.717, 1.165) is 10.7 Å². The van der Waals surface area contributed by atoms with E-state index in [9.17, 15) is 9.59 Å². The van der Waals surface area contributed by atoms with Gasteiger partial charge < -0.3 is 14.6 Å². The van der Waals surface area contributed by atoms with Gasteiger partial charge in [-0.25, -0.2) is 9.78 Å². The number of aromatic nitrogens is 2. The summed E-state index contributed by atoms with van der Waals surface area (Å²) in [6.45, 7) is 0.444. The molecule has 1 amide bonds. The molecule has 1 aromatic heterocycles. The summed E-state index contributed by atoms with van der Waals surface area (Å²) < 4.78 is 1.86. The highest BCUT2D eigenvalue weighted by molar-refractivity contribution is 7.99. The fourth-order valence-electron chi connectivity index (χ4n) is 1.84. The Balaban J connectivity index is 1.88. The van der Waals surface area contributed by atoms with Crippen LogP contribution in [0.5, 0.6) is 0 Å². The molecule has 22 heavy (non-hydrogen) atoms. The highest BCUT2D eigenvalue weighted by Gasteiger charge is 2.12. The maximum atomic E-state index is 12.1. The molecule has 0 aliphatic rings. The minimum atomic E-state index is -0.956. The quantitative estimate of drug-likeness (QED) is 0.823. The van der Waals surface area contributed by atoms with E-state index in [1.54, 1.807) is 42.4 Å². The van der Waals surface area contributed by atoms with Crippen LogP contribution < -0.4 is 0 Å². The molecule has 7 heteroatoms. The van der Waals surface area contributed by atoms with Gasteiger partial charge in [0.1, 0.15) is 0 Å². The Morgan fingerprint density at radius 1 is 1.32 bits per heavy atom. The van der Waals surface area contributed by atoms with Crippen LogP contribution in [0, 0.1) is 0 Å². The zero-order valence-electron chi connectivity index (χ0n) is 12.4. The van der Waals surface area contributed by atoms with Gasteiger partial charge in [-0.1, -0.05) is 23.9 Å². The molecule has 0 spiro atoms. The van der Waals surface area contributed by atoms with Gasteiger partial charge in [0, 0.05) is 33.0 Å². The van der Waals surface area contributed by atoms with E-state index in [0.29, 0.717) is 12.3 Å². The van der Waals surface area contributed by atoms with Crippen LogP contribution in [-0.2, 0) is 18.4 Å². The molecule has 0 atom stereocenters. The molecule has 0 aliphatic heterocycles. The van der Waals surface area contributed by atoms with E-state index in [-0.39, 0.29) is 11.5 Å². The molecular weight excluding hydrogens is 302 g/mol. The summed E-state index contributed by atoms with van der Waals surface area (Å²) in [5.41, 5.74) is 1.13. The van der Waals surface area contributed by atoms with Crippen molar-refractivity contribution < 1.29 is 14.7 Å². The molecule has 1 heterocycles. The lowest BCUT2D eigenvalue weighted by atomic mass is 10.1. The van der Waals surface area contributed by atoms with Crippen LogP contribution in [0.4, 0.5) is 0 Å². The molecule has 0 fully saturated rings. The second-order valence-electron chi connectivity index (χ2n) is 4.86. The average molecular weight is 319 g/mol. The normalized spacial score (nSPS) is 10.5. The van der Waals surface area contributed by atoms with Crippen molar-refractivity contribution in [3.8, 4) is 0 Å². The smallest absolute Gasteiger partial charge is 0.335 e. The van der Waals surface area contributed by atoms with Crippen LogP contribution in [-0.4, -0.2) is 44.2 Å². The zero-order chi connectivity index (χ0) is 16.1. The first-order chi connectivity index (χ1) is 10.5. The number of hydrogen-bond donors (Lipinski definition) is 1. The molecule has 0 saturated carbocycles. The van der Waals surface area contributed by atoms with E-state index in [1.807, 2.05) is 17.8 Å². The average Bonchev–Trinajstić information content (AvgIpc) is 2.90. The number of benzene rings is 1. The maximum Gasteiger partial charge on any atom is 0.335 e. The fraction of sp³-hybridized carbons (Fsp3) is 0.267. The lowest BCUT2D eigenvalue weighted by Gasteiger charge is -2.17. The first kappa shape index (κ1) is 16.1. The number of imidazole rings is 1. The molecule has 2 rings (SSSR count). The van der Waals surface area contributed by atoms with Crippen LogP contribution in [0.3, 0.4) is 0 Å². The molecule has 0 saturated heterocycles. The Hall–Kier alpha value is -2.28. The summed E-state index contributed by atoms with van der Waals surface area (Å²) in [6, 6.07) is 6.52. The molecule has 0 bridgehead atoms. The Bertz CT molecular complexity index is 667. The third-order valence-corrected chi connectivity index (χ3v) is 4.19. The Kier molecular flexibility index (Phi) is 5.21. The van der Waals surface area contributed by atoms with Gasteiger partial charge in [-0.3, -0.25) is 4.79 Å². The van der Waals surface area contributed by atoms with Gasteiger partial charge in [0.15, 0.2) is 5.16 Å². The topological polar surface area (TPSA) is 75.4 Å². The summed E-state index contributed by atoms with van der Waals surface area (Å²) in [7, 11) is 3.61. The van der Waals surface area contributed by atoms with Crippen molar-refractivity contribution in [2.75, 3.05) is 12.8 Å². The van der Waals surface area contributed by atoms with Crippen molar-refractivity contribution in [3.05, 3.63) is 47.8 Å². The number of hydrogen-bond acceptors (Lipinski definition) is 4. The lowest BCUT2D eigenvalue weighted by molar-refractivity contribution is -0.127. The van der Waals surface area contributed by atoms with Crippen molar-refractivity contribution in [3.63, 3.8) is 0 Å². The zero-order valence-corrected chi connectivity index (χ0v) is 13.2. The molecule has 116 valence electrons. The van der Waals surface area contributed by atoms with Gasteiger partial charge >= 0.3 is 5.97 Å². The number of nitrogens with zero attached hydrogens (tertiary/aromatic N) is 3. The number of rotatable bonds is 6. The largest absolute Gasteiger partial charge is 0.478 e. The molecule has 1 N–H and O–H groups in total. The highest BCUT2D eigenvalue weighted by Crippen LogP contribution is 2.15. The van der Waals surface area contributed by atoms with Gasteiger partial charge in [-0.15, -0.1) is 0 Å². The molecule has 0 unspecified atom stereocenters. The standard InChI is InChI=1S/C15H17N3O3S/c1-17-8-7-16-15(17)22-10-13(19)18(2)9-11-3-5-12(6-4-11)14(20)21/h3-8H,9-10H2,1-2H3,(H,20,21). The third-order valence-electron chi connectivity index (χ3n) is 3.15. The number of aryl methyl sites for hydroxylation is 1. The summed E-state index contributed by atoms with van der Waals surface area (Å²) in [5, 5.41) is 9.65. The van der Waals surface area contributed by atoms with Gasteiger partial charge in [0.25, 0.3) is 0 Å². The van der Waals surface area contributed by atoms with Crippen LogP contribution in [0.1, 0.15) is 15.9 Å². The van der Waals surface area contributed by atoms with E-state index in [1.165, 1.54) is 11.8 Å². The van der Waals surface area contributed by atoms with E-state index >= 15 is 0 Å². The molecule has 6 nitrogen and oxygen atoms in total. The van der Waals surface area contributed by atoms with Crippen LogP contribution in [0.2, 0.25) is 0 Å². The molecular formula is C15H17N3O3S. The van der Waals surface area contributed by atoms with Crippen molar-refractivity contribution in [2.45, 2.75) is 11.7 Å². The van der Waals surface area contributed by atoms with Crippen LogP contribution in [0.25, 0.3) is 0 Å². The molecule has 2 aromatic rings. The highest BCUT2D eigenvalue weighted by atomic mass is 32.2. The molecule has 0 aliphatic carbocycles. The number of aromatic carboxylic acids is 1. The number of carboxylic acids is 1. The van der Waals surface area contributed by atoms with Gasteiger partial charge in [-0.2, -0.15) is 0 Å². The second kappa shape index (κ2) is 7.13. The van der Waals surface area contributed by atoms with Crippen molar-refractivity contribution in [1.82, 2.24) is 14.5 Å². The van der Waals surface area contributed by atoms with Crippen molar-refractivity contribution in [1.29, 1.82) is 0 Å². The summed E-state index contributed by atoms with van der Waals surface area (Å²) in [4.78, 5) is 28.7. The van der Waals surface area contributed by atoms with E-state index < -0.39 is 5.97 Å².